The number of hydrogen-bond acceptors (Lipinski definition) is 4. The molecule has 1 fully saturated rings. The summed E-state index contributed by atoms with van der Waals surface area (Å²) in [6, 6.07) is 3.57. The summed E-state index contributed by atoms with van der Waals surface area (Å²) in [6.45, 7) is 0.824. The third-order valence-electron chi connectivity index (χ3n) is 3.41. The maximum Gasteiger partial charge on any atom is 0.240 e. The molecule has 1 saturated heterocycles. The number of nitrogens with zero attached hydrogens (tertiary/aromatic N) is 3. The first-order chi connectivity index (χ1) is 9.16. The van der Waals surface area contributed by atoms with E-state index in [9.17, 15) is 4.79 Å². The van der Waals surface area contributed by atoms with Crippen LogP contribution in [0.1, 0.15) is 12.8 Å². The third kappa shape index (κ3) is 2.16. The number of halogens is 1. The Hall–Kier alpha value is -1.69. The number of carbonyl (C=O) groups is 1. The number of carbonyl (C=O) groups excluding carboxylic acids is 1. The zero-order valence-corrected chi connectivity index (χ0v) is 11.8. The highest BCUT2D eigenvalue weighted by molar-refractivity contribution is 9.10. The maximum atomic E-state index is 11.5. The van der Waals surface area contributed by atoms with E-state index in [-0.39, 0.29) is 11.9 Å². The Morgan fingerprint density at radius 1 is 1.47 bits per heavy atom. The number of anilines is 1. The Morgan fingerprint density at radius 2 is 2.32 bits per heavy atom. The van der Waals surface area contributed by atoms with Crippen molar-refractivity contribution in [3.05, 3.63) is 29.0 Å². The van der Waals surface area contributed by atoms with E-state index in [1.54, 1.807) is 12.4 Å². The second kappa shape index (κ2) is 4.77. The monoisotopic (exact) mass is 320 g/mol. The molecule has 2 N–H and O–H groups in total. The molecule has 0 bridgehead atoms. The molecule has 1 amide bonds. The van der Waals surface area contributed by atoms with Crippen LogP contribution in [0, 0.1) is 0 Å². The summed E-state index contributed by atoms with van der Waals surface area (Å²) in [7, 11) is 0. The van der Waals surface area contributed by atoms with Crippen molar-refractivity contribution in [1.29, 1.82) is 0 Å². The van der Waals surface area contributed by atoms with E-state index in [0.29, 0.717) is 0 Å². The van der Waals surface area contributed by atoms with Crippen molar-refractivity contribution in [1.82, 2.24) is 9.97 Å². The van der Waals surface area contributed by atoms with Crippen molar-refractivity contribution in [2.75, 3.05) is 11.4 Å². The Bertz CT molecular complexity index is 646. The maximum absolute atomic E-state index is 11.5. The second-order valence-corrected chi connectivity index (χ2v) is 5.52. The van der Waals surface area contributed by atoms with Crippen LogP contribution in [-0.2, 0) is 4.79 Å². The van der Waals surface area contributed by atoms with Gasteiger partial charge in [-0.3, -0.25) is 14.8 Å². The zero-order chi connectivity index (χ0) is 13.4. The van der Waals surface area contributed by atoms with Crippen molar-refractivity contribution in [3.63, 3.8) is 0 Å². The molecular weight excluding hydrogens is 308 g/mol. The molecule has 1 unspecified atom stereocenters. The summed E-state index contributed by atoms with van der Waals surface area (Å²) in [5.74, 6) is -0.278. The Morgan fingerprint density at radius 3 is 3.11 bits per heavy atom. The first-order valence-electron chi connectivity index (χ1n) is 6.13. The van der Waals surface area contributed by atoms with Gasteiger partial charge < -0.3 is 10.6 Å². The molecule has 0 aromatic carbocycles. The molecule has 2 aromatic rings. The lowest BCUT2D eigenvalue weighted by Crippen LogP contribution is -2.40. The van der Waals surface area contributed by atoms with Gasteiger partial charge in [0.05, 0.1) is 11.2 Å². The minimum absolute atomic E-state index is 0.240. The summed E-state index contributed by atoms with van der Waals surface area (Å²) in [6.07, 6.45) is 5.24. The molecule has 0 spiro atoms. The van der Waals surface area contributed by atoms with Gasteiger partial charge >= 0.3 is 0 Å². The normalized spacial score (nSPS) is 19.0. The molecule has 5 nitrogen and oxygen atoms in total. The van der Waals surface area contributed by atoms with Crippen LogP contribution in [0.2, 0.25) is 0 Å². The standard InChI is InChI=1S/C13H13BrN4O/c14-8-6-9-12(17-7-8)10(3-4-16-9)18-5-1-2-11(18)13(15)19/h3-4,6-7,11H,1-2,5H2,(H2,15,19). The van der Waals surface area contributed by atoms with E-state index < -0.39 is 0 Å². The molecular formula is C13H13BrN4O. The van der Waals surface area contributed by atoms with Crippen LogP contribution in [0.4, 0.5) is 5.69 Å². The highest BCUT2D eigenvalue weighted by atomic mass is 79.9. The van der Waals surface area contributed by atoms with Crippen LogP contribution in [-0.4, -0.2) is 28.5 Å². The molecule has 1 aliphatic rings. The predicted octanol–water partition coefficient (Wildman–Crippen LogP) is 1.85. The highest BCUT2D eigenvalue weighted by Crippen LogP contribution is 2.30. The number of amides is 1. The number of hydrogen-bond donors (Lipinski definition) is 1. The van der Waals surface area contributed by atoms with Gasteiger partial charge in [-0.15, -0.1) is 0 Å². The van der Waals surface area contributed by atoms with E-state index in [1.165, 1.54) is 0 Å². The van der Waals surface area contributed by atoms with Crippen molar-refractivity contribution in [3.8, 4) is 0 Å². The van der Waals surface area contributed by atoms with Gasteiger partial charge in [0.2, 0.25) is 5.91 Å². The van der Waals surface area contributed by atoms with E-state index in [0.717, 1.165) is 40.6 Å². The van der Waals surface area contributed by atoms with Crippen LogP contribution in [0.15, 0.2) is 29.0 Å². The SMILES string of the molecule is NC(=O)C1CCCN1c1ccnc2cc(Br)cnc12. The fourth-order valence-electron chi connectivity index (χ4n) is 2.57. The number of primary amides is 1. The van der Waals surface area contributed by atoms with Crippen molar-refractivity contribution in [2.24, 2.45) is 5.73 Å². The van der Waals surface area contributed by atoms with Crippen LogP contribution in [0.3, 0.4) is 0 Å². The number of fused-ring (bicyclic) bond motifs is 1. The minimum atomic E-state index is -0.278. The molecule has 2 aromatic heterocycles. The summed E-state index contributed by atoms with van der Waals surface area (Å²) in [5, 5.41) is 0. The van der Waals surface area contributed by atoms with Gasteiger partial charge in [-0.1, -0.05) is 0 Å². The molecule has 1 atom stereocenters. The highest BCUT2D eigenvalue weighted by Gasteiger charge is 2.30. The van der Waals surface area contributed by atoms with Gasteiger partial charge in [0, 0.05) is 23.4 Å². The van der Waals surface area contributed by atoms with Crippen LogP contribution in [0.5, 0.6) is 0 Å². The molecule has 98 valence electrons. The third-order valence-corrected chi connectivity index (χ3v) is 3.85. The van der Waals surface area contributed by atoms with Crippen LogP contribution >= 0.6 is 15.9 Å². The number of aromatic nitrogens is 2. The van der Waals surface area contributed by atoms with Gasteiger partial charge in [0.25, 0.3) is 0 Å². The zero-order valence-electron chi connectivity index (χ0n) is 10.2. The number of nitrogens with two attached hydrogens (primary N) is 1. The molecule has 1 aliphatic heterocycles. The summed E-state index contributed by atoms with van der Waals surface area (Å²) >= 11 is 3.39. The van der Waals surface area contributed by atoms with Crippen molar-refractivity contribution < 1.29 is 4.79 Å². The van der Waals surface area contributed by atoms with E-state index >= 15 is 0 Å². The van der Waals surface area contributed by atoms with Gasteiger partial charge in [0.15, 0.2) is 0 Å². The van der Waals surface area contributed by atoms with Gasteiger partial charge in [-0.05, 0) is 40.9 Å². The summed E-state index contributed by atoms with van der Waals surface area (Å²) < 4.78 is 0.887. The summed E-state index contributed by atoms with van der Waals surface area (Å²) in [4.78, 5) is 22.3. The number of rotatable bonds is 2. The van der Waals surface area contributed by atoms with Crippen LogP contribution in [0.25, 0.3) is 11.0 Å². The molecule has 3 heterocycles. The van der Waals surface area contributed by atoms with E-state index in [2.05, 4.69) is 25.9 Å². The molecule has 19 heavy (non-hydrogen) atoms. The molecule has 0 saturated carbocycles. The molecule has 3 rings (SSSR count). The van der Waals surface area contributed by atoms with Crippen molar-refractivity contribution >= 4 is 38.6 Å². The quantitative estimate of drug-likeness (QED) is 0.916. The average molecular weight is 321 g/mol. The van der Waals surface area contributed by atoms with E-state index in [4.69, 9.17) is 5.73 Å². The fourth-order valence-corrected chi connectivity index (χ4v) is 2.89. The first-order valence-corrected chi connectivity index (χ1v) is 6.92. The van der Waals surface area contributed by atoms with Crippen molar-refractivity contribution in [2.45, 2.75) is 18.9 Å². The average Bonchev–Trinajstić information content (AvgIpc) is 2.86. The smallest absolute Gasteiger partial charge is 0.240 e. The van der Waals surface area contributed by atoms with Gasteiger partial charge in [0.1, 0.15) is 11.6 Å². The fraction of sp³-hybridized carbons (Fsp3) is 0.308. The molecule has 6 heteroatoms. The second-order valence-electron chi connectivity index (χ2n) is 4.61. The molecule has 0 aliphatic carbocycles. The lowest BCUT2D eigenvalue weighted by atomic mass is 10.2. The molecule has 0 radical (unpaired) electrons. The first kappa shape index (κ1) is 12.3. The number of pyridine rings is 2. The van der Waals surface area contributed by atoms with Crippen LogP contribution < -0.4 is 10.6 Å². The van der Waals surface area contributed by atoms with E-state index in [1.807, 2.05) is 17.0 Å². The summed E-state index contributed by atoms with van der Waals surface area (Å²) in [5.41, 5.74) is 8.01. The Balaban J connectivity index is 2.12. The topological polar surface area (TPSA) is 72.1 Å². The Kier molecular flexibility index (Phi) is 3.10. The largest absolute Gasteiger partial charge is 0.368 e. The Labute approximate surface area is 119 Å². The lowest BCUT2D eigenvalue weighted by Gasteiger charge is -2.25. The lowest BCUT2D eigenvalue weighted by molar-refractivity contribution is -0.119. The minimum Gasteiger partial charge on any atom is -0.368 e. The van der Waals surface area contributed by atoms with Gasteiger partial charge in [-0.25, -0.2) is 0 Å². The predicted molar refractivity (Wildman–Crippen MR) is 76.8 cm³/mol. The van der Waals surface area contributed by atoms with Gasteiger partial charge in [-0.2, -0.15) is 0 Å².